The molecule has 0 spiro atoms. The van der Waals surface area contributed by atoms with E-state index in [1.165, 1.54) is 7.11 Å². The minimum Gasteiger partial charge on any atom is -0.465 e. The summed E-state index contributed by atoms with van der Waals surface area (Å²) in [5.74, 6) is 0.122. The molecule has 20 heavy (non-hydrogen) atoms. The minimum atomic E-state index is -0.524. The van der Waals surface area contributed by atoms with E-state index in [1.54, 1.807) is 0 Å². The number of benzene rings is 1. The van der Waals surface area contributed by atoms with Crippen molar-refractivity contribution in [2.45, 2.75) is 6.92 Å². The quantitative estimate of drug-likeness (QED) is 0.785. The Morgan fingerprint density at radius 2 is 2.15 bits per heavy atom. The van der Waals surface area contributed by atoms with Gasteiger partial charge < -0.3 is 9.47 Å². The van der Waals surface area contributed by atoms with E-state index in [4.69, 9.17) is 16.3 Å². The highest BCUT2D eigenvalue weighted by molar-refractivity contribution is 7.15. The molecule has 6 heteroatoms. The van der Waals surface area contributed by atoms with E-state index in [9.17, 15) is 4.79 Å². The van der Waals surface area contributed by atoms with Crippen LogP contribution >= 0.6 is 22.9 Å². The highest BCUT2D eigenvalue weighted by Gasteiger charge is 2.18. The highest BCUT2D eigenvalue weighted by atomic mass is 35.5. The Balaban J connectivity index is 2.29. The second-order valence-corrected chi connectivity index (χ2v) is 5.05. The minimum absolute atomic E-state index is 0.0837. The van der Waals surface area contributed by atoms with Gasteiger partial charge in [0.1, 0.15) is 5.75 Å². The third-order valence-corrected chi connectivity index (χ3v) is 3.70. The molecule has 0 radical (unpaired) electrons. The first-order valence-corrected chi connectivity index (χ1v) is 6.99. The molecule has 0 unspecified atom stereocenters. The summed E-state index contributed by atoms with van der Waals surface area (Å²) in [5, 5.41) is 0.382. The Morgan fingerprint density at radius 3 is 2.85 bits per heavy atom. The number of aromatic nitrogens is 1. The Morgan fingerprint density at radius 1 is 1.40 bits per heavy atom. The number of methoxy groups -OCH3 is 1. The molecule has 4 nitrogen and oxygen atoms in total. The van der Waals surface area contributed by atoms with Gasteiger partial charge in [0, 0.05) is 5.56 Å². The largest absolute Gasteiger partial charge is 0.465 e. The Hall–Kier alpha value is -1.85. The summed E-state index contributed by atoms with van der Waals surface area (Å²) < 4.78 is 10.3. The summed E-state index contributed by atoms with van der Waals surface area (Å²) in [5.41, 5.74) is 0.918. The molecular weight excluding hydrogens is 298 g/mol. The van der Waals surface area contributed by atoms with Gasteiger partial charge >= 0.3 is 5.97 Å². The summed E-state index contributed by atoms with van der Waals surface area (Å²) in [6.45, 7) is 1.92. The summed E-state index contributed by atoms with van der Waals surface area (Å²) in [6.07, 6.45) is 3.84. The van der Waals surface area contributed by atoms with E-state index in [0.29, 0.717) is 10.9 Å². The van der Waals surface area contributed by atoms with Gasteiger partial charge in [0.05, 0.1) is 7.11 Å². The number of nitrogens with zero attached hydrogens (tertiary/aromatic N) is 1. The molecule has 0 N–H and O–H groups in total. The predicted octanol–water partition coefficient (Wildman–Crippen LogP) is 4.41. The molecule has 104 valence electrons. The van der Waals surface area contributed by atoms with E-state index >= 15 is 0 Å². The Kier molecular flexibility index (Phi) is 4.76. The summed E-state index contributed by atoms with van der Waals surface area (Å²) >= 11 is 6.94. The summed E-state index contributed by atoms with van der Waals surface area (Å²) in [7, 11) is 1.29. The molecule has 0 bridgehead atoms. The van der Waals surface area contributed by atoms with Crippen LogP contribution in [0.1, 0.15) is 22.2 Å². The highest BCUT2D eigenvalue weighted by Crippen LogP contribution is 2.34. The lowest BCUT2D eigenvalue weighted by Crippen LogP contribution is -1.98. The van der Waals surface area contributed by atoms with Crippen molar-refractivity contribution >= 4 is 35.0 Å². The molecule has 0 aliphatic heterocycles. The number of halogens is 1. The molecule has 0 aliphatic rings. The first kappa shape index (κ1) is 14.6. The molecule has 0 amide bonds. The number of hydrogen-bond acceptors (Lipinski definition) is 5. The topological polar surface area (TPSA) is 48.4 Å². The number of thiazole rings is 1. The Bertz CT molecular complexity index is 652. The third-order valence-electron chi connectivity index (χ3n) is 2.40. The van der Waals surface area contributed by atoms with E-state index < -0.39 is 5.97 Å². The van der Waals surface area contributed by atoms with E-state index in [-0.39, 0.29) is 10.0 Å². The summed E-state index contributed by atoms with van der Waals surface area (Å²) in [6, 6.07) is 7.52. The molecule has 1 heterocycles. The maximum Gasteiger partial charge on any atom is 0.351 e. The number of hydrogen-bond donors (Lipinski definition) is 0. The van der Waals surface area contributed by atoms with Gasteiger partial charge in [-0.2, -0.15) is 4.98 Å². The van der Waals surface area contributed by atoms with Crippen LogP contribution in [0.2, 0.25) is 5.15 Å². The normalized spacial score (nSPS) is 10.8. The van der Waals surface area contributed by atoms with E-state index in [0.717, 1.165) is 16.9 Å². The van der Waals surface area contributed by atoms with Gasteiger partial charge in [-0.3, -0.25) is 0 Å². The molecule has 0 saturated heterocycles. The van der Waals surface area contributed by atoms with Crippen LogP contribution in [0.3, 0.4) is 0 Å². The average Bonchev–Trinajstić information content (AvgIpc) is 2.81. The van der Waals surface area contributed by atoms with Crippen molar-refractivity contribution in [3.05, 3.63) is 45.9 Å². The van der Waals surface area contributed by atoms with Gasteiger partial charge in [-0.15, -0.1) is 0 Å². The molecule has 2 rings (SSSR count). The van der Waals surface area contributed by atoms with Gasteiger partial charge in [0.25, 0.3) is 5.19 Å². The van der Waals surface area contributed by atoms with Crippen molar-refractivity contribution < 1.29 is 14.3 Å². The maximum atomic E-state index is 11.5. The molecule has 0 atom stereocenters. The lowest BCUT2D eigenvalue weighted by Gasteiger charge is -2.04. The van der Waals surface area contributed by atoms with Crippen molar-refractivity contribution in [3.8, 4) is 10.9 Å². The van der Waals surface area contributed by atoms with Crippen LogP contribution in [0.15, 0.2) is 30.3 Å². The molecule has 1 aromatic carbocycles. The zero-order valence-electron chi connectivity index (χ0n) is 10.9. The second-order valence-electron chi connectivity index (χ2n) is 3.73. The number of rotatable bonds is 4. The van der Waals surface area contributed by atoms with Crippen molar-refractivity contribution in [2.75, 3.05) is 7.11 Å². The zero-order chi connectivity index (χ0) is 14.5. The monoisotopic (exact) mass is 309 g/mol. The molecule has 0 aliphatic carbocycles. The van der Waals surface area contributed by atoms with Crippen molar-refractivity contribution in [2.24, 2.45) is 0 Å². The second kappa shape index (κ2) is 6.54. The Labute approximate surface area is 125 Å². The molecule has 1 aromatic heterocycles. The van der Waals surface area contributed by atoms with E-state index in [1.807, 2.05) is 43.3 Å². The third kappa shape index (κ3) is 3.18. The fourth-order valence-corrected chi connectivity index (χ4v) is 2.59. The van der Waals surface area contributed by atoms with Gasteiger partial charge in [-0.1, -0.05) is 53.3 Å². The molecule has 0 saturated carbocycles. The molecular formula is C14H12ClNO3S. The van der Waals surface area contributed by atoms with Gasteiger partial charge in [-0.25, -0.2) is 4.79 Å². The van der Waals surface area contributed by atoms with Crippen LogP contribution < -0.4 is 4.74 Å². The van der Waals surface area contributed by atoms with Crippen LogP contribution in [0.5, 0.6) is 10.9 Å². The van der Waals surface area contributed by atoms with Crippen LogP contribution in [-0.4, -0.2) is 18.1 Å². The number of esters is 1. The number of carbonyl (C=O) groups excluding carboxylic acids is 1. The fraction of sp³-hybridized carbons (Fsp3) is 0.143. The van der Waals surface area contributed by atoms with E-state index in [2.05, 4.69) is 9.72 Å². The van der Waals surface area contributed by atoms with Crippen molar-refractivity contribution in [1.82, 2.24) is 4.98 Å². The lowest BCUT2D eigenvalue weighted by atomic mass is 10.2. The molecule has 2 aromatic rings. The predicted molar refractivity (Wildman–Crippen MR) is 79.7 cm³/mol. The van der Waals surface area contributed by atoms with Crippen LogP contribution in [0, 0.1) is 0 Å². The van der Waals surface area contributed by atoms with Crippen LogP contribution in [0.25, 0.3) is 6.08 Å². The smallest absolute Gasteiger partial charge is 0.351 e. The fourth-order valence-electron chi connectivity index (χ4n) is 1.53. The number of allylic oxidation sites excluding steroid dienone is 1. The zero-order valence-corrected chi connectivity index (χ0v) is 12.5. The standard InChI is InChI=1S/C14H12ClNO3S/c1-3-6-9-7-4-5-8-10(9)19-14-16-12(15)11(20-14)13(17)18-2/h3-8H,1-2H3/b6-3+. The maximum absolute atomic E-state index is 11.5. The molecule has 0 fully saturated rings. The van der Waals surface area contributed by atoms with Crippen molar-refractivity contribution in [1.29, 1.82) is 0 Å². The van der Waals surface area contributed by atoms with Gasteiger partial charge in [0.15, 0.2) is 10.0 Å². The van der Waals surface area contributed by atoms with Crippen LogP contribution in [0.4, 0.5) is 0 Å². The SMILES string of the molecule is C/C=C/c1ccccc1Oc1nc(Cl)c(C(=O)OC)s1. The number of carbonyl (C=O) groups is 1. The van der Waals surface area contributed by atoms with Gasteiger partial charge in [0.2, 0.25) is 0 Å². The van der Waals surface area contributed by atoms with Crippen LogP contribution in [-0.2, 0) is 4.74 Å². The number of ether oxygens (including phenoxy) is 2. The number of para-hydroxylation sites is 1. The van der Waals surface area contributed by atoms with Gasteiger partial charge in [-0.05, 0) is 13.0 Å². The average molecular weight is 310 g/mol. The van der Waals surface area contributed by atoms with Crippen molar-refractivity contribution in [3.63, 3.8) is 0 Å². The first-order chi connectivity index (χ1) is 9.65. The lowest BCUT2D eigenvalue weighted by molar-refractivity contribution is 0.0606. The summed E-state index contributed by atoms with van der Waals surface area (Å²) in [4.78, 5) is 15.7. The first-order valence-electron chi connectivity index (χ1n) is 5.80.